The molecule has 1 unspecified atom stereocenters. The fourth-order valence-corrected chi connectivity index (χ4v) is 2.19. The maximum Gasteiger partial charge on any atom is 0.221 e. The predicted molar refractivity (Wildman–Crippen MR) is 93.1 cm³/mol. The monoisotopic (exact) mass is 318 g/mol. The van der Waals surface area contributed by atoms with Crippen LogP contribution in [0.25, 0.3) is 0 Å². The molecule has 3 nitrogen and oxygen atoms in total. The molecule has 1 amide bonds. The molecule has 0 saturated carbocycles. The van der Waals surface area contributed by atoms with Crippen molar-refractivity contribution < 1.29 is 4.79 Å². The van der Waals surface area contributed by atoms with Gasteiger partial charge in [0.1, 0.15) is 0 Å². The van der Waals surface area contributed by atoms with Crippen molar-refractivity contribution in [2.45, 2.75) is 25.8 Å². The maximum absolute atomic E-state index is 11.9. The lowest BCUT2D eigenvalue weighted by molar-refractivity contribution is -0.121. The Labute approximate surface area is 138 Å². The first-order valence-corrected chi connectivity index (χ1v) is 7.28. The van der Waals surface area contributed by atoms with E-state index in [2.05, 4.69) is 36.5 Å². The zero-order valence-corrected chi connectivity index (χ0v) is 13.6. The Morgan fingerprint density at radius 3 is 2.36 bits per heavy atom. The number of nitrogens with one attached hydrogen (secondary N) is 1. The quantitative estimate of drug-likeness (QED) is 0.859. The highest BCUT2D eigenvalue weighted by atomic mass is 35.5. The Bertz CT molecular complexity index is 569. The van der Waals surface area contributed by atoms with Crippen molar-refractivity contribution in [2.75, 3.05) is 6.54 Å². The molecule has 0 spiro atoms. The van der Waals surface area contributed by atoms with Gasteiger partial charge in [0.15, 0.2) is 0 Å². The number of nitrogens with two attached hydrogens (primary N) is 1. The Morgan fingerprint density at radius 2 is 1.73 bits per heavy atom. The van der Waals surface area contributed by atoms with Gasteiger partial charge in [0.05, 0.1) is 0 Å². The summed E-state index contributed by atoms with van der Waals surface area (Å²) >= 11 is 0. The zero-order chi connectivity index (χ0) is 15.1. The van der Waals surface area contributed by atoms with Gasteiger partial charge >= 0.3 is 0 Å². The molecule has 22 heavy (non-hydrogen) atoms. The fraction of sp³-hybridized carbons (Fsp3) is 0.278. The van der Waals surface area contributed by atoms with Crippen molar-refractivity contribution in [3.63, 3.8) is 0 Å². The van der Waals surface area contributed by atoms with E-state index in [0.717, 1.165) is 12.0 Å². The van der Waals surface area contributed by atoms with Crippen molar-refractivity contribution in [1.29, 1.82) is 0 Å². The van der Waals surface area contributed by atoms with E-state index in [1.54, 1.807) is 0 Å². The number of amides is 1. The van der Waals surface area contributed by atoms with Crippen LogP contribution in [-0.2, 0) is 11.2 Å². The maximum atomic E-state index is 11.9. The lowest BCUT2D eigenvalue weighted by atomic mass is 10.0. The predicted octanol–water partition coefficient (Wildman–Crippen LogP) is 3.17. The van der Waals surface area contributed by atoms with E-state index in [0.29, 0.717) is 13.0 Å². The van der Waals surface area contributed by atoms with E-state index in [1.165, 1.54) is 11.1 Å². The third kappa shape index (κ3) is 5.88. The first-order chi connectivity index (χ1) is 10.1. The minimum Gasteiger partial charge on any atom is -0.356 e. The summed E-state index contributed by atoms with van der Waals surface area (Å²) in [5.41, 5.74) is 9.50. The first kappa shape index (κ1) is 18.2. The van der Waals surface area contributed by atoms with E-state index in [9.17, 15) is 4.79 Å². The summed E-state index contributed by atoms with van der Waals surface area (Å²) in [6, 6.07) is 17.8. The number of benzene rings is 2. The third-order valence-corrected chi connectivity index (χ3v) is 3.49. The first-order valence-electron chi connectivity index (χ1n) is 7.28. The van der Waals surface area contributed by atoms with Gasteiger partial charge in [-0.3, -0.25) is 4.79 Å². The van der Waals surface area contributed by atoms with Crippen molar-refractivity contribution in [1.82, 2.24) is 5.32 Å². The van der Waals surface area contributed by atoms with Crippen LogP contribution in [0.4, 0.5) is 0 Å². The largest absolute Gasteiger partial charge is 0.356 e. The number of hydrogen-bond acceptors (Lipinski definition) is 2. The van der Waals surface area contributed by atoms with E-state index in [1.807, 2.05) is 30.3 Å². The molecule has 2 aromatic rings. The summed E-state index contributed by atoms with van der Waals surface area (Å²) in [5.74, 6) is -0.00142. The summed E-state index contributed by atoms with van der Waals surface area (Å²) in [6.45, 7) is 2.71. The number of rotatable bonds is 6. The van der Waals surface area contributed by atoms with Gasteiger partial charge < -0.3 is 11.1 Å². The van der Waals surface area contributed by atoms with E-state index >= 15 is 0 Å². The van der Waals surface area contributed by atoms with Gasteiger partial charge in [-0.2, -0.15) is 0 Å². The van der Waals surface area contributed by atoms with Gasteiger partial charge in [-0.1, -0.05) is 60.2 Å². The highest BCUT2D eigenvalue weighted by Gasteiger charge is 2.10. The van der Waals surface area contributed by atoms with Crippen LogP contribution in [0.2, 0.25) is 0 Å². The summed E-state index contributed by atoms with van der Waals surface area (Å²) in [4.78, 5) is 11.9. The molecule has 118 valence electrons. The molecule has 1 atom stereocenters. The minimum absolute atomic E-state index is 0. The van der Waals surface area contributed by atoms with Crippen molar-refractivity contribution in [3.05, 3.63) is 71.3 Å². The van der Waals surface area contributed by atoms with Gasteiger partial charge in [-0.25, -0.2) is 0 Å². The summed E-state index contributed by atoms with van der Waals surface area (Å²) in [7, 11) is 0. The molecule has 0 radical (unpaired) electrons. The van der Waals surface area contributed by atoms with Crippen molar-refractivity contribution in [2.24, 2.45) is 5.73 Å². The van der Waals surface area contributed by atoms with E-state index in [4.69, 9.17) is 5.73 Å². The summed E-state index contributed by atoms with van der Waals surface area (Å²) in [6.07, 6.45) is 1.16. The molecule has 2 rings (SSSR count). The van der Waals surface area contributed by atoms with Gasteiger partial charge in [0.2, 0.25) is 5.91 Å². The lowest BCUT2D eigenvalue weighted by Gasteiger charge is -2.12. The molecule has 2 aromatic carbocycles. The Morgan fingerprint density at radius 1 is 1.09 bits per heavy atom. The standard InChI is InChI=1S/C18H22N2O.ClH/c1-14-7-9-15(10-8-14)11-12-20-18(21)13-17(19)16-5-3-2-4-6-16;/h2-10,17H,11-13,19H2,1H3,(H,20,21);1H. The molecular formula is C18H23ClN2O. The van der Waals surface area contributed by atoms with Gasteiger partial charge in [-0.05, 0) is 24.5 Å². The van der Waals surface area contributed by atoms with Crippen LogP contribution in [0.1, 0.15) is 29.2 Å². The fourth-order valence-electron chi connectivity index (χ4n) is 2.19. The molecule has 0 aromatic heterocycles. The second kappa shape index (κ2) is 9.23. The van der Waals surface area contributed by atoms with Gasteiger partial charge in [0.25, 0.3) is 0 Å². The Hall–Kier alpha value is -1.84. The van der Waals surface area contributed by atoms with Crippen LogP contribution < -0.4 is 11.1 Å². The number of halogens is 1. The van der Waals surface area contributed by atoms with Crippen LogP contribution in [0.5, 0.6) is 0 Å². The third-order valence-electron chi connectivity index (χ3n) is 3.49. The van der Waals surface area contributed by atoms with Crippen molar-refractivity contribution in [3.8, 4) is 0 Å². The lowest BCUT2D eigenvalue weighted by Crippen LogP contribution is -2.29. The number of hydrogen-bond donors (Lipinski definition) is 2. The smallest absolute Gasteiger partial charge is 0.221 e. The molecule has 0 bridgehead atoms. The number of aryl methyl sites for hydroxylation is 1. The van der Waals surface area contributed by atoms with E-state index in [-0.39, 0.29) is 24.4 Å². The summed E-state index contributed by atoms with van der Waals surface area (Å²) < 4.78 is 0. The molecule has 0 aliphatic rings. The molecule has 3 N–H and O–H groups in total. The molecule has 4 heteroatoms. The van der Waals surface area contributed by atoms with Crippen LogP contribution in [0.3, 0.4) is 0 Å². The van der Waals surface area contributed by atoms with E-state index < -0.39 is 0 Å². The normalized spacial score (nSPS) is 11.4. The highest BCUT2D eigenvalue weighted by molar-refractivity contribution is 5.85. The molecular weight excluding hydrogens is 296 g/mol. The highest BCUT2D eigenvalue weighted by Crippen LogP contribution is 2.12. The van der Waals surface area contributed by atoms with Crippen LogP contribution in [0.15, 0.2) is 54.6 Å². The molecule has 0 saturated heterocycles. The number of carbonyl (C=O) groups excluding carboxylic acids is 1. The number of carbonyl (C=O) groups is 1. The van der Waals surface area contributed by atoms with Gasteiger partial charge in [-0.15, -0.1) is 12.4 Å². The zero-order valence-electron chi connectivity index (χ0n) is 12.8. The van der Waals surface area contributed by atoms with Crippen LogP contribution in [0, 0.1) is 6.92 Å². The SMILES string of the molecule is Cc1ccc(CCNC(=O)CC(N)c2ccccc2)cc1.Cl. The molecule has 0 fully saturated rings. The average molecular weight is 319 g/mol. The molecule has 0 heterocycles. The van der Waals surface area contributed by atoms with Crippen LogP contribution >= 0.6 is 12.4 Å². The average Bonchev–Trinajstić information content (AvgIpc) is 2.50. The topological polar surface area (TPSA) is 55.1 Å². The second-order valence-electron chi connectivity index (χ2n) is 5.31. The van der Waals surface area contributed by atoms with Crippen molar-refractivity contribution >= 4 is 18.3 Å². The molecule has 0 aliphatic carbocycles. The second-order valence-corrected chi connectivity index (χ2v) is 5.31. The van der Waals surface area contributed by atoms with Crippen LogP contribution in [-0.4, -0.2) is 12.5 Å². The molecule has 0 aliphatic heterocycles. The summed E-state index contributed by atoms with van der Waals surface area (Å²) in [5, 5.41) is 2.93. The van der Waals surface area contributed by atoms with Gasteiger partial charge in [0, 0.05) is 19.0 Å². The minimum atomic E-state index is -0.245. The Balaban J connectivity index is 0.00000242. The Kier molecular flexibility index (Phi) is 7.64.